The molecule has 3 unspecified atom stereocenters. The van der Waals surface area contributed by atoms with Gasteiger partial charge >= 0.3 is 0 Å². The van der Waals surface area contributed by atoms with Crippen molar-refractivity contribution >= 4 is 5.91 Å². The number of hydrogen-bond donors (Lipinski definition) is 2. The normalized spacial score (nSPS) is 32.5. The van der Waals surface area contributed by atoms with Crippen molar-refractivity contribution in [3.8, 4) is 11.5 Å². The molecule has 2 aliphatic carbocycles. The number of nitrogens with one attached hydrogen (secondary N) is 1. The zero-order valence-electron chi connectivity index (χ0n) is 18.6. The Labute approximate surface area is 189 Å². The lowest BCUT2D eigenvalue weighted by Gasteiger charge is -2.37. The lowest BCUT2D eigenvalue weighted by atomic mass is 9.80. The summed E-state index contributed by atoms with van der Waals surface area (Å²) < 4.78 is 23.1. The van der Waals surface area contributed by atoms with Gasteiger partial charge in [0.2, 0.25) is 13.1 Å². The fraction of sp³-hybridized carbons (Fsp3) is 0.640. The second-order valence-corrected chi connectivity index (χ2v) is 9.40. The molecule has 2 saturated carbocycles. The summed E-state index contributed by atoms with van der Waals surface area (Å²) in [5, 5.41) is 12.7. The van der Waals surface area contributed by atoms with Crippen LogP contribution >= 0.6 is 0 Å². The summed E-state index contributed by atoms with van der Waals surface area (Å²) >= 11 is 0. The summed E-state index contributed by atoms with van der Waals surface area (Å²) in [5.74, 6) is 2.85. The predicted octanol–water partition coefficient (Wildman–Crippen LogP) is 3.47. The van der Waals surface area contributed by atoms with Crippen molar-refractivity contribution in [2.45, 2.75) is 63.7 Å². The van der Waals surface area contributed by atoms with Gasteiger partial charge in [0, 0.05) is 31.1 Å². The Kier molecular flexibility index (Phi) is 6.28. The average molecular weight is 444 g/mol. The van der Waals surface area contributed by atoms with Crippen LogP contribution < -0.4 is 14.8 Å². The summed E-state index contributed by atoms with van der Waals surface area (Å²) in [5.41, 5.74) is 1.02. The second kappa shape index (κ2) is 9.32. The number of carbonyl (C=O) groups is 1. The van der Waals surface area contributed by atoms with E-state index in [1.54, 1.807) is 0 Å². The van der Waals surface area contributed by atoms with Gasteiger partial charge in [0.25, 0.3) is 5.91 Å². The first kappa shape index (κ1) is 21.6. The first-order chi connectivity index (χ1) is 15.7. The Morgan fingerprint density at radius 2 is 2.09 bits per heavy atom. The van der Waals surface area contributed by atoms with Crippen LogP contribution in [0.5, 0.6) is 11.5 Å². The molecular weight excluding hydrogens is 410 g/mol. The highest BCUT2D eigenvalue weighted by Crippen LogP contribution is 2.45. The maximum atomic E-state index is 13.2. The Morgan fingerprint density at radius 3 is 2.84 bits per heavy atom. The van der Waals surface area contributed by atoms with E-state index in [0.29, 0.717) is 30.5 Å². The van der Waals surface area contributed by atoms with Crippen molar-refractivity contribution in [1.82, 2.24) is 5.32 Å². The average Bonchev–Trinajstić information content (AvgIpc) is 3.54. The quantitative estimate of drug-likeness (QED) is 0.640. The molecule has 2 fully saturated rings. The molecule has 32 heavy (non-hydrogen) atoms. The third-order valence-electron chi connectivity index (χ3n) is 7.47. The van der Waals surface area contributed by atoms with Crippen molar-refractivity contribution in [2.24, 2.45) is 17.8 Å². The fourth-order valence-electron chi connectivity index (χ4n) is 5.93. The Hall–Kier alpha value is -2.25. The number of carbonyl (C=O) groups excluding carboxylic acids is 1. The van der Waals surface area contributed by atoms with Crippen molar-refractivity contribution in [2.75, 3.05) is 20.0 Å². The molecule has 2 N–H and O–H groups in total. The predicted molar refractivity (Wildman–Crippen MR) is 117 cm³/mol. The van der Waals surface area contributed by atoms with Crippen molar-refractivity contribution in [3.05, 3.63) is 35.6 Å². The summed E-state index contributed by atoms with van der Waals surface area (Å²) in [7, 11) is 0. The van der Waals surface area contributed by atoms with Gasteiger partial charge in [0.05, 0.1) is 0 Å². The van der Waals surface area contributed by atoms with Crippen LogP contribution in [0.2, 0.25) is 0 Å². The molecule has 2 aliphatic heterocycles. The van der Waals surface area contributed by atoms with E-state index in [0.717, 1.165) is 30.1 Å². The Balaban J connectivity index is 1.42. The summed E-state index contributed by atoms with van der Waals surface area (Å²) in [6, 6.07) is 6.15. The largest absolute Gasteiger partial charge is 0.459 e. The lowest BCUT2D eigenvalue weighted by Crippen LogP contribution is -2.43. The first-order valence-electron chi connectivity index (χ1n) is 12.0. The molecule has 1 aromatic carbocycles. The highest BCUT2D eigenvalue weighted by molar-refractivity contribution is 5.92. The SMILES string of the molecule is CCO[C@@H]1OC(C(=O)NC2CC3CCC2C3)=C[C@H](c2ccc3c(c2)OCO3)[C@H]1CCCO. The van der Waals surface area contributed by atoms with Gasteiger partial charge in [-0.15, -0.1) is 0 Å². The monoisotopic (exact) mass is 443 g/mol. The van der Waals surface area contributed by atoms with Crippen LogP contribution in [0.25, 0.3) is 0 Å². The van der Waals surface area contributed by atoms with Crippen LogP contribution in [-0.4, -0.2) is 43.4 Å². The molecule has 6 atom stereocenters. The number of benzene rings is 1. The maximum absolute atomic E-state index is 13.2. The number of aliphatic hydroxyl groups is 1. The van der Waals surface area contributed by atoms with E-state index in [-0.39, 0.29) is 37.2 Å². The van der Waals surface area contributed by atoms with Gasteiger partial charge in [-0.05, 0) is 74.6 Å². The summed E-state index contributed by atoms with van der Waals surface area (Å²) in [6.07, 6.45) is 7.54. The number of amides is 1. The van der Waals surface area contributed by atoms with E-state index < -0.39 is 6.29 Å². The molecule has 0 spiro atoms. The standard InChI is InChI=1S/C25H33NO6/c1-2-29-25-18(4-3-9-27)19(16-7-8-21-22(12-16)31-14-30-21)13-23(32-25)24(28)26-20-11-15-5-6-17(20)10-15/h7-8,12-13,15,17-20,25,27H,2-6,9-11,14H2,1H3,(H,26,28)/t15?,17?,18-,19-,20?,25-/m1/s1. The highest BCUT2D eigenvalue weighted by Gasteiger charge is 2.42. The maximum Gasteiger partial charge on any atom is 0.286 e. The van der Waals surface area contributed by atoms with Gasteiger partial charge in [-0.3, -0.25) is 4.79 Å². The third kappa shape index (κ3) is 4.20. The van der Waals surface area contributed by atoms with Crippen LogP contribution in [0.1, 0.15) is 56.9 Å². The third-order valence-corrected chi connectivity index (χ3v) is 7.47. The zero-order chi connectivity index (χ0) is 22.1. The summed E-state index contributed by atoms with van der Waals surface area (Å²) in [4.78, 5) is 13.2. The number of allylic oxidation sites excluding steroid dienone is 1. The smallest absolute Gasteiger partial charge is 0.286 e. The van der Waals surface area contributed by atoms with Crippen LogP contribution in [0, 0.1) is 17.8 Å². The van der Waals surface area contributed by atoms with Crippen molar-refractivity contribution < 1.29 is 28.8 Å². The molecule has 0 aromatic heterocycles. The van der Waals surface area contributed by atoms with Crippen LogP contribution in [0.15, 0.2) is 30.0 Å². The Morgan fingerprint density at radius 1 is 1.22 bits per heavy atom. The van der Waals surface area contributed by atoms with E-state index in [1.165, 1.54) is 19.3 Å². The molecule has 1 amide bonds. The molecule has 4 aliphatic rings. The van der Waals surface area contributed by atoms with E-state index in [4.69, 9.17) is 18.9 Å². The molecular formula is C25H33NO6. The molecule has 174 valence electrons. The molecule has 0 saturated heterocycles. The minimum atomic E-state index is -0.548. The molecule has 7 nitrogen and oxygen atoms in total. The molecule has 5 rings (SSSR count). The summed E-state index contributed by atoms with van der Waals surface area (Å²) in [6.45, 7) is 2.73. The van der Waals surface area contributed by atoms with E-state index in [1.807, 2.05) is 31.2 Å². The second-order valence-electron chi connectivity index (χ2n) is 9.40. The van der Waals surface area contributed by atoms with Gasteiger partial charge in [-0.1, -0.05) is 12.5 Å². The van der Waals surface area contributed by atoms with Gasteiger partial charge in [0.1, 0.15) is 0 Å². The van der Waals surface area contributed by atoms with Gasteiger partial charge < -0.3 is 29.4 Å². The highest BCUT2D eigenvalue weighted by atomic mass is 16.7. The van der Waals surface area contributed by atoms with Gasteiger partial charge in [0.15, 0.2) is 17.3 Å². The fourth-order valence-corrected chi connectivity index (χ4v) is 5.93. The molecule has 2 bridgehead atoms. The number of ether oxygens (including phenoxy) is 4. The van der Waals surface area contributed by atoms with E-state index in [9.17, 15) is 9.90 Å². The van der Waals surface area contributed by atoms with Gasteiger partial charge in [-0.2, -0.15) is 0 Å². The molecule has 7 heteroatoms. The molecule has 1 aromatic rings. The van der Waals surface area contributed by atoms with Crippen LogP contribution in [0.3, 0.4) is 0 Å². The van der Waals surface area contributed by atoms with Crippen molar-refractivity contribution in [1.29, 1.82) is 0 Å². The lowest BCUT2D eigenvalue weighted by molar-refractivity contribution is -0.167. The van der Waals surface area contributed by atoms with E-state index >= 15 is 0 Å². The Bertz CT molecular complexity index is 870. The number of fused-ring (bicyclic) bond motifs is 3. The van der Waals surface area contributed by atoms with Gasteiger partial charge in [-0.25, -0.2) is 0 Å². The topological polar surface area (TPSA) is 86.3 Å². The van der Waals surface area contributed by atoms with Crippen LogP contribution in [-0.2, 0) is 14.3 Å². The first-order valence-corrected chi connectivity index (χ1v) is 12.0. The number of rotatable bonds is 8. The van der Waals surface area contributed by atoms with Crippen molar-refractivity contribution in [3.63, 3.8) is 0 Å². The van der Waals surface area contributed by atoms with Crippen LogP contribution in [0.4, 0.5) is 0 Å². The number of hydrogen-bond acceptors (Lipinski definition) is 6. The van der Waals surface area contributed by atoms with E-state index in [2.05, 4.69) is 5.32 Å². The zero-order valence-corrected chi connectivity index (χ0v) is 18.6. The minimum absolute atomic E-state index is 0.0264. The minimum Gasteiger partial charge on any atom is -0.459 e. The molecule has 0 radical (unpaired) electrons. The molecule has 2 heterocycles. The number of aliphatic hydroxyl groups excluding tert-OH is 1.